The number of hydrogen-bond donors (Lipinski definition) is 1. The Labute approximate surface area is 184 Å². The van der Waals surface area contributed by atoms with Gasteiger partial charge in [0.05, 0.1) is 0 Å². The summed E-state index contributed by atoms with van der Waals surface area (Å²) in [5.41, 5.74) is 0.167. The molecule has 0 spiro atoms. The number of aromatic nitrogens is 2. The number of nitrogens with one attached hydrogen (secondary N) is 1. The van der Waals surface area contributed by atoms with Gasteiger partial charge >= 0.3 is 0 Å². The monoisotopic (exact) mass is 446 g/mol. The molecular formula is C21H23ClN4O3S. The number of benzene rings is 1. The van der Waals surface area contributed by atoms with E-state index in [0.29, 0.717) is 28.7 Å². The number of carbonyl (C=O) groups is 2. The molecule has 0 saturated heterocycles. The van der Waals surface area contributed by atoms with E-state index in [4.69, 9.17) is 16.0 Å². The van der Waals surface area contributed by atoms with E-state index in [0.717, 1.165) is 11.5 Å². The minimum absolute atomic E-state index is 0.144. The number of rotatable bonds is 7. The minimum atomic E-state index is -1.04. The summed E-state index contributed by atoms with van der Waals surface area (Å²) in [4.78, 5) is 28.3. The van der Waals surface area contributed by atoms with Gasteiger partial charge in [0, 0.05) is 21.6 Å². The fourth-order valence-electron chi connectivity index (χ4n) is 2.83. The van der Waals surface area contributed by atoms with Crippen molar-refractivity contribution in [3.05, 3.63) is 64.0 Å². The van der Waals surface area contributed by atoms with Crippen LogP contribution in [0.3, 0.4) is 0 Å². The molecule has 3 rings (SSSR count). The van der Waals surface area contributed by atoms with Crippen LogP contribution in [0.4, 0.5) is 5.69 Å². The first-order valence-corrected chi connectivity index (χ1v) is 10.7. The van der Waals surface area contributed by atoms with Crippen LogP contribution in [0.2, 0.25) is 5.02 Å². The zero-order valence-electron chi connectivity index (χ0n) is 17.2. The number of carbonyl (C=O) groups excluding carboxylic acids is 2. The Balaban J connectivity index is 2.13. The highest BCUT2D eigenvalue weighted by Gasteiger charge is 2.38. The van der Waals surface area contributed by atoms with Gasteiger partial charge in [-0.2, -0.15) is 0 Å². The lowest BCUT2D eigenvalue weighted by Gasteiger charge is -2.33. The van der Waals surface area contributed by atoms with E-state index < -0.39 is 17.5 Å². The van der Waals surface area contributed by atoms with Crippen molar-refractivity contribution in [1.82, 2.24) is 14.9 Å². The zero-order valence-corrected chi connectivity index (χ0v) is 18.8. The van der Waals surface area contributed by atoms with Gasteiger partial charge in [0.25, 0.3) is 11.8 Å². The molecule has 0 fully saturated rings. The SMILES string of the molecule is CCC(C)(C)NC(=O)[C@@H](c1ccc(C)o1)N(C(=O)c1csnn1)c1ccc(Cl)cc1. The van der Waals surface area contributed by atoms with Crippen molar-refractivity contribution < 1.29 is 14.0 Å². The third kappa shape index (κ3) is 4.88. The fourth-order valence-corrected chi connectivity index (χ4v) is 3.39. The summed E-state index contributed by atoms with van der Waals surface area (Å²) >= 11 is 7.10. The number of anilines is 1. The first-order chi connectivity index (χ1) is 14.2. The molecule has 0 aliphatic carbocycles. The predicted molar refractivity (Wildman–Crippen MR) is 117 cm³/mol. The van der Waals surface area contributed by atoms with Crippen LogP contribution in [0.1, 0.15) is 55.2 Å². The molecule has 0 saturated carbocycles. The molecule has 2 aromatic heterocycles. The topological polar surface area (TPSA) is 88.3 Å². The summed E-state index contributed by atoms with van der Waals surface area (Å²) in [5.74, 6) is 0.164. The van der Waals surface area contributed by atoms with E-state index in [9.17, 15) is 9.59 Å². The quantitative estimate of drug-likeness (QED) is 0.563. The van der Waals surface area contributed by atoms with Crippen LogP contribution < -0.4 is 10.2 Å². The van der Waals surface area contributed by atoms with Gasteiger partial charge in [-0.3, -0.25) is 14.5 Å². The Morgan fingerprint density at radius 3 is 2.47 bits per heavy atom. The van der Waals surface area contributed by atoms with Crippen LogP contribution in [0, 0.1) is 6.92 Å². The molecule has 30 heavy (non-hydrogen) atoms. The van der Waals surface area contributed by atoms with Gasteiger partial charge in [0.15, 0.2) is 11.7 Å². The second-order valence-electron chi connectivity index (χ2n) is 7.52. The summed E-state index contributed by atoms with van der Waals surface area (Å²) in [6, 6.07) is 9.11. The highest BCUT2D eigenvalue weighted by molar-refractivity contribution is 7.03. The highest BCUT2D eigenvalue weighted by atomic mass is 35.5. The van der Waals surface area contributed by atoms with Crippen LogP contribution >= 0.6 is 23.1 Å². The second kappa shape index (κ2) is 8.97. The van der Waals surface area contributed by atoms with Crippen LogP contribution in [-0.4, -0.2) is 26.9 Å². The summed E-state index contributed by atoms with van der Waals surface area (Å²) in [7, 11) is 0. The van der Waals surface area contributed by atoms with Gasteiger partial charge in [-0.25, -0.2) is 0 Å². The van der Waals surface area contributed by atoms with E-state index in [-0.39, 0.29) is 11.6 Å². The van der Waals surface area contributed by atoms with Gasteiger partial charge < -0.3 is 9.73 Å². The van der Waals surface area contributed by atoms with Gasteiger partial charge in [-0.1, -0.05) is 23.0 Å². The normalized spacial score (nSPS) is 12.4. The van der Waals surface area contributed by atoms with E-state index in [1.54, 1.807) is 48.7 Å². The number of halogens is 1. The Hall–Kier alpha value is -2.71. The van der Waals surface area contributed by atoms with Crippen molar-refractivity contribution in [2.75, 3.05) is 4.90 Å². The van der Waals surface area contributed by atoms with Gasteiger partial charge in [0.2, 0.25) is 0 Å². The third-order valence-corrected chi connectivity index (χ3v) is 5.54. The molecule has 7 nitrogen and oxygen atoms in total. The Bertz CT molecular complexity index is 1020. The largest absolute Gasteiger partial charge is 0.464 e. The lowest BCUT2D eigenvalue weighted by atomic mass is 10.0. The maximum absolute atomic E-state index is 13.5. The first-order valence-electron chi connectivity index (χ1n) is 9.46. The molecule has 1 atom stereocenters. The number of aryl methyl sites for hydroxylation is 1. The smallest absolute Gasteiger partial charge is 0.280 e. The third-order valence-electron chi connectivity index (χ3n) is 4.79. The van der Waals surface area contributed by atoms with Crippen LogP contribution in [0.5, 0.6) is 0 Å². The lowest BCUT2D eigenvalue weighted by Crippen LogP contribution is -2.50. The summed E-state index contributed by atoms with van der Waals surface area (Å²) in [6.07, 6.45) is 0.716. The van der Waals surface area contributed by atoms with E-state index >= 15 is 0 Å². The molecule has 0 unspecified atom stereocenters. The summed E-state index contributed by atoms with van der Waals surface area (Å²) in [5, 5.41) is 8.99. The molecule has 3 aromatic rings. The van der Waals surface area contributed by atoms with Crippen molar-refractivity contribution in [1.29, 1.82) is 0 Å². The van der Waals surface area contributed by atoms with Crippen molar-refractivity contribution >= 4 is 40.6 Å². The molecule has 9 heteroatoms. The first kappa shape index (κ1) is 22.0. The van der Waals surface area contributed by atoms with Crippen molar-refractivity contribution in [3.8, 4) is 0 Å². The van der Waals surface area contributed by atoms with Crippen LogP contribution in [0.25, 0.3) is 0 Å². The maximum atomic E-state index is 13.5. The molecule has 2 amide bonds. The molecule has 1 N–H and O–H groups in total. The molecule has 0 bridgehead atoms. The van der Waals surface area contributed by atoms with E-state index in [2.05, 4.69) is 14.9 Å². The molecule has 2 heterocycles. The predicted octanol–water partition coefficient (Wildman–Crippen LogP) is 4.79. The number of hydrogen-bond acceptors (Lipinski definition) is 6. The molecule has 1 aromatic carbocycles. The van der Waals surface area contributed by atoms with Gasteiger partial charge in [-0.05, 0) is 75.1 Å². The number of amides is 2. The molecule has 0 radical (unpaired) electrons. The van der Waals surface area contributed by atoms with Gasteiger partial charge in [-0.15, -0.1) is 5.10 Å². The molecule has 0 aliphatic rings. The Kier molecular flexibility index (Phi) is 6.58. The summed E-state index contributed by atoms with van der Waals surface area (Å²) < 4.78 is 9.58. The molecule has 158 valence electrons. The van der Waals surface area contributed by atoms with Crippen molar-refractivity contribution in [2.45, 2.75) is 45.7 Å². The van der Waals surface area contributed by atoms with E-state index in [1.165, 1.54) is 4.90 Å². The standard InChI is InChI=1S/C21H23ClN4O3S/c1-5-21(3,4)23-19(27)18(17-11-6-13(2)29-17)26(15-9-7-14(22)8-10-15)20(28)16-12-30-25-24-16/h6-12,18H,5H2,1-4H3,(H,23,27)/t18-/m1/s1. The number of nitrogens with zero attached hydrogens (tertiary/aromatic N) is 3. The molecular weight excluding hydrogens is 424 g/mol. The summed E-state index contributed by atoms with van der Waals surface area (Å²) in [6.45, 7) is 7.62. The minimum Gasteiger partial charge on any atom is -0.464 e. The van der Waals surface area contributed by atoms with Crippen LogP contribution in [-0.2, 0) is 4.79 Å². The van der Waals surface area contributed by atoms with E-state index in [1.807, 2.05) is 20.8 Å². The molecule has 0 aliphatic heterocycles. The average molecular weight is 447 g/mol. The Morgan fingerprint density at radius 2 is 1.93 bits per heavy atom. The second-order valence-corrected chi connectivity index (χ2v) is 8.57. The lowest BCUT2D eigenvalue weighted by molar-refractivity contribution is -0.124. The van der Waals surface area contributed by atoms with Crippen molar-refractivity contribution in [3.63, 3.8) is 0 Å². The van der Waals surface area contributed by atoms with Crippen LogP contribution in [0.15, 0.2) is 46.2 Å². The number of furan rings is 1. The highest BCUT2D eigenvalue weighted by Crippen LogP contribution is 2.32. The van der Waals surface area contributed by atoms with Gasteiger partial charge in [0.1, 0.15) is 11.5 Å². The fraction of sp³-hybridized carbons (Fsp3) is 0.333. The average Bonchev–Trinajstić information content (AvgIpc) is 3.38. The van der Waals surface area contributed by atoms with Crippen molar-refractivity contribution in [2.24, 2.45) is 0 Å². The Morgan fingerprint density at radius 1 is 1.23 bits per heavy atom. The maximum Gasteiger partial charge on any atom is 0.280 e. The zero-order chi connectivity index (χ0) is 21.9.